The Kier molecular flexibility index (Phi) is 5.92. The number of nitrogens with zero attached hydrogens (tertiary/aromatic N) is 5. The molecule has 3 rings (SSSR count). The van der Waals surface area contributed by atoms with Crippen LogP contribution in [0.25, 0.3) is 0 Å². The van der Waals surface area contributed by atoms with Crippen molar-refractivity contribution >= 4 is 45.6 Å². The van der Waals surface area contributed by atoms with Crippen molar-refractivity contribution in [2.24, 2.45) is 0 Å². The Morgan fingerprint density at radius 2 is 2.14 bits per heavy atom. The van der Waals surface area contributed by atoms with Crippen LogP contribution in [0.3, 0.4) is 0 Å². The van der Waals surface area contributed by atoms with Crippen molar-refractivity contribution in [1.82, 2.24) is 15.0 Å². The summed E-state index contributed by atoms with van der Waals surface area (Å²) in [5, 5.41) is 11.9. The molecule has 28 heavy (non-hydrogen) atoms. The lowest BCUT2D eigenvalue weighted by molar-refractivity contribution is -0.115. The van der Waals surface area contributed by atoms with E-state index in [9.17, 15) is 4.79 Å². The lowest BCUT2D eigenvalue weighted by Gasteiger charge is -2.21. The Bertz CT molecular complexity index is 1070. The summed E-state index contributed by atoms with van der Waals surface area (Å²) in [5.41, 5.74) is 9.79. The van der Waals surface area contributed by atoms with Crippen LogP contribution < -0.4 is 10.6 Å². The second kappa shape index (κ2) is 8.37. The Morgan fingerprint density at radius 3 is 2.82 bits per heavy atom. The number of nitriles is 1. The Hall–Kier alpha value is -2.96. The van der Waals surface area contributed by atoms with E-state index < -0.39 is 0 Å². The first-order valence-electron chi connectivity index (χ1n) is 8.37. The van der Waals surface area contributed by atoms with Gasteiger partial charge in [-0.3, -0.25) is 9.69 Å². The maximum atomic E-state index is 12.3. The van der Waals surface area contributed by atoms with Gasteiger partial charge in [0.1, 0.15) is 17.5 Å². The van der Waals surface area contributed by atoms with Crippen LogP contribution in [-0.2, 0) is 10.5 Å². The predicted molar refractivity (Wildman–Crippen MR) is 112 cm³/mol. The van der Waals surface area contributed by atoms with Crippen molar-refractivity contribution < 1.29 is 4.79 Å². The molecule has 0 unspecified atom stereocenters. The Morgan fingerprint density at radius 1 is 1.36 bits per heavy atom. The van der Waals surface area contributed by atoms with Gasteiger partial charge in [0.05, 0.1) is 17.6 Å². The fourth-order valence-electron chi connectivity index (χ4n) is 2.52. The Labute approximate surface area is 171 Å². The third-order valence-electron chi connectivity index (χ3n) is 4.13. The molecule has 3 aromatic rings. The monoisotopic (exact) mass is 410 g/mol. The van der Waals surface area contributed by atoms with Gasteiger partial charge < -0.3 is 5.73 Å². The molecule has 0 bridgehead atoms. The largest absolute Gasteiger partial charge is 0.382 e. The summed E-state index contributed by atoms with van der Waals surface area (Å²) < 4.78 is 0. The topological polar surface area (TPSA) is 109 Å². The highest BCUT2D eigenvalue weighted by atomic mass is 32.2. The number of thiazole rings is 1. The number of carbonyl (C=O) groups is 1. The highest BCUT2D eigenvalue weighted by Crippen LogP contribution is 2.33. The zero-order valence-electron chi connectivity index (χ0n) is 15.6. The normalized spacial score (nSPS) is 10.5. The molecule has 0 saturated heterocycles. The van der Waals surface area contributed by atoms with E-state index in [4.69, 9.17) is 11.0 Å². The first-order chi connectivity index (χ1) is 13.4. The fourth-order valence-corrected chi connectivity index (χ4v) is 4.22. The average Bonchev–Trinajstić information content (AvgIpc) is 3.12. The third-order valence-corrected chi connectivity index (χ3v) is 5.90. The van der Waals surface area contributed by atoms with Crippen molar-refractivity contribution in [3.63, 3.8) is 0 Å². The van der Waals surface area contributed by atoms with Gasteiger partial charge in [-0.1, -0.05) is 23.9 Å². The number of nitrogen functional groups attached to an aromatic ring is 1. The van der Waals surface area contributed by atoms with Crippen LogP contribution in [0.1, 0.15) is 29.3 Å². The minimum atomic E-state index is -0.0922. The number of nitrogens with two attached hydrogens (primary N) is 1. The van der Waals surface area contributed by atoms with Crippen LogP contribution in [0.5, 0.6) is 0 Å². The fraction of sp³-hybridized carbons (Fsp3) is 0.211. The summed E-state index contributed by atoms with van der Waals surface area (Å²) in [4.78, 5) is 26.8. The molecule has 0 fully saturated rings. The average molecular weight is 411 g/mol. The minimum absolute atomic E-state index is 0.0922. The molecular weight excluding hydrogens is 392 g/mol. The van der Waals surface area contributed by atoms with E-state index in [1.54, 1.807) is 4.90 Å². The number of benzene rings is 1. The summed E-state index contributed by atoms with van der Waals surface area (Å²) in [6.45, 7) is 5.55. The molecule has 0 radical (unpaired) electrons. The SMILES string of the molecule is CC(=O)N(c1nc(CSc2ncc(C#N)c(N)n2)cs1)c1cccc(C)c1C. The molecule has 2 heterocycles. The van der Waals surface area contributed by atoms with Gasteiger partial charge in [-0.05, 0) is 31.0 Å². The number of hydrogen-bond acceptors (Lipinski definition) is 8. The van der Waals surface area contributed by atoms with E-state index in [0.29, 0.717) is 16.0 Å². The van der Waals surface area contributed by atoms with Crippen LogP contribution in [0.15, 0.2) is 34.9 Å². The number of aryl methyl sites for hydroxylation is 1. The van der Waals surface area contributed by atoms with Crippen LogP contribution in [0.2, 0.25) is 0 Å². The van der Waals surface area contributed by atoms with Crippen molar-refractivity contribution in [3.8, 4) is 6.07 Å². The number of aromatic nitrogens is 3. The second-order valence-corrected chi connectivity index (χ2v) is 7.83. The molecule has 0 atom stereocenters. The van der Waals surface area contributed by atoms with Gasteiger partial charge in [-0.15, -0.1) is 11.3 Å². The maximum absolute atomic E-state index is 12.3. The first-order valence-corrected chi connectivity index (χ1v) is 10.2. The summed E-state index contributed by atoms with van der Waals surface area (Å²) in [6, 6.07) is 7.82. The molecular formula is C19H18N6OS2. The van der Waals surface area contributed by atoms with Gasteiger partial charge in [-0.2, -0.15) is 5.26 Å². The Balaban J connectivity index is 1.80. The number of hydrogen-bond donors (Lipinski definition) is 1. The highest BCUT2D eigenvalue weighted by Gasteiger charge is 2.20. The molecule has 9 heteroatoms. The van der Waals surface area contributed by atoms with Gasteiger partial charge in [0, 0.05) is 18.1 Å². The van der Waals surface area contributed by atoms with E-state index in [-0.39, 0.29) is 17.3 Å². The first kappa shape index (κ1) is 19.8. The smallest absolute Gasteiger partial charge is 0.230 e. The molecule has 2 aromatic heterocycles. The molecule has 7 nitrogen and oxygen atoms in total. The molecule has 0 saturated carbocycles. The van der Waals surface area contributed by atoms with Gasteiger partial charge in [-0.25, -0.2) is 15.0 Å². The van der Waals surface area contributed by atoms with E-state index in [1.807, 2.05) is 43.5 Å². The molecule has 0 aliphatic heterocycles. The van der Waals surface area contributed by atoms with Gasteiger partial charge in [0.25, 0.3) is 0 Å². The van der Waals surface area contributed by atoms with Gasteiger partial charge >= 0.3 is 0 Å². The number of carbonyl (C=O) groups excluding carboxylic acids is 1. The number of amides is 1. The summed E-state index contributed by atoms with van der Waals surface area (Å²) in [6.07, 6.45) is 1.41. The number of anilines is 3. The molecule has 1 aromatic carbocycles. The summed E-state index contributed by atoms with van der Waals surface area (Å²) >= 11 is 2.78. The van der Waals surface area contributed by atoms with E-state index >= 15 is 0 Å². The maximum Gasteiger partial charge on any atom is 0.230 e. The van der Waals surface area contributed by atoms with Crippen molar-refractivity contribution in [2.75, 3.05) is 10.6 Å². The van der Waals surface area contributed by atoms with Crippen molar-refractivity contribution in [3.05, 3.63) is 52.2 Å². The van der Waals surface area contributed by atoms with Gasteiger partial charge in [0.15, 0.2) is 10.3 Å². The van der Waals surface area contributed by atoms with Crippen molar-refractivity contribution in [2.45, 2.75) is 31.7 Å². The lowest BCUT2D eigenvalue weighted by Crippen LogP contribution is -2.23. The van der Waals surface area contributed by atoms with Crippen LogP contribution >= 0.6 is 23.1 Å². The van der Waals surface area contributed by atoms with Gasteiger partial charge in [0.2, 0.25) is 5.91 Å². The zero-order chi connectivity index (χ0) is 20.3. The molecule has 0 aliphatic carbocycles. The van der Waals surface area contributed by atoms with Crippen LogP contribution in [-0.4, -0.2) is 20.9 Å². The molecule has 1 amide bonds. The summed E-state index contributed by atoms with van der Waals surface area (Å²) in [7, 11) is 0. The van der Waals surface area contributed by atoms with E-state index in [1.165, 1.54) is 36.2 Å². The minimum Gasteiger partial charge on any atom is -0.382 e. The summed E-state index contributed by atoms with van der Waals surface area (Å²) in [5.74, 6) is 0.600. The van der Waals surface area contributed by atoms with Crippen LogP contribution in [0.4, 0.5) is 16.6 Å². The predicted octanol–water partition coefficient (Wildman–Crippen LogP) is 3.98. The lowest BCUT2D eigenvalue weighted by atomic mass is 10.1. The molecule has 0 aliphatic rings. The standard InChI is InChI=1S/C19H18N6OS2/c1-11-5-4-6-16(12(11)2)25(13(3)26)19-23-15(10-28-19)9-27-18-22-8-14(7-20)17(21)24-18/h4-6,8,10H,9H2,1-3H3,(H2,21,22,24). The third kappa shape index (κ3) is 4.13. The van der Waals surface area contributed by atoms with Crippen molar-refractivity contribution in [1.29, 1.82) is 5.26 Å². The zero-order valence-corrected chi connectivity index (χ0v) is 17.3. The number of rotatable bonds is 5. The van der Waals surface area contributed by atoms with E-state index in [2.05, 4.69) is 15.0 Å². The van der Waals surface area contributed by atoms with Crippen LogP contribution in [0, 0.1) is 25.2 Å². The number of thioether (sulfide) groups is 1. The molecule has 0 spiro atoms. The quantitative estimate of drug-likeness (QED) is 0.500. The molecule has 142 valence electrons. The molecule has 2 N–H and O–H groups in total. The van der Waals surface area contributed by atoms with E-state index in [0.717, 1.165) is 22.5 Å². The highest BCUT2D eigenvalue weighted by molar-refractivity contribution is 7.98. The second-order valence-electron chi connectivity index (χ2n) is 6.05.